The number of hydrogen-bond donors (Lipinski definition) is 0. The Hall–Kier alpha value is -1.42. The van der Waals surface area contributed by atoms with Gasteiger partial charge in [-0.1, -0.05) is 28.1 Å². The second-order valence-corrected chi connectivity index (χ2v) is 5.06. The van der Waals surface area contributed by atoms with Crippen LogP contribution in [0.3, 0.4) is 0 Å². The average molecular weight is 324 g/mol. The first-order valence-corrected chi connectivity index (χ1v) is 7.06. The maximum Gasteiger partial charge on any atom is 0.257 e. The highest BCUT2D eigenvalue weighted by Gasteiger charge is 2.19. The van der Waals surface area contributed by atoms with Crippen LogP contribution in [-0.2, 0) is 9.59 Å². The fraction of sp³-hybridized carbons (Fsp3) is 0.333. The smallest absolute Gasteiger partial charge is 0.257 e. The molecule has 0 unspecified atom stereocenters. The van der Waals surface area contributed by atoms with Crippen molar-refractivity contribution >= 4 is 33.7 Å². The zero-order valence-electron chi connectivity index (χ0n) is 11.4. The van der Waals surface area contributed by atoms with E-state index in [9.17, 15) is 9.59 Å². The number of carbonyl (C=O) groups excluding carboxylic acids is 2. The number of carbonyl (C=O) groups is 2. The Kier molecular flexibility index (Phi) is 5.96. The molecule has 0 bridgehead atoms. The summed E-state index contributed by atoms with van der Waals surface area (Å²) in [6, 6.07) is 7.49. The number of nitrogens with zero attached hydrogens (tertiary/aromatic N) is 1. The normalized spacial score (nSPS) is 11.3. The summed E-state index contributed by atoms with van der Waals surface area (Å²) in [7, 11) is 0. The summed E-state index contributed by atoms with van der Waals surface area (Å²) in [4.78, 5) is 25.6. The van der Waals surface area contributed by atoms with Gasteiger partial charge in [0.25, 0.3) is 5.91 Å². The molecule has 0 N–H and O–H groups in total. The van der Waals surface area contributed by atoms with Crippen molar-refractivity contribution in [3.63, 3.8) is 0 Å². The van der Waals surface area contributed by atoms with Crippen LogP contribution in [0.15, 0.2) is 34.3 Å². The van der Waals surface area contributed by atoms with Crippen molar-refractivity contribution in [3.05, 3.63) is 39.9 Å². The van der Waals surface area contributed by atoms with Gasteiger partial charge in [0.15, 0.2) is 5.78 Å². The van der Waals surface area contributed by atoms with Gasteiger partial charge >= 0.3 is 0 Å². The Bertz CT molecular complexity index is 487. The number of rotatable bonds is 5. The molecule has 0 saturated carbocycles. The molecule has 0 saturated heterocycles. The zero-order valence-corrected chi connectivity index (χ0v) is 13.0. The monoisotopic (exact) mass is 323 g/mol. The first kappa shape index (κ1) is 15.6. The van der Waals surface area contributed by atoms with Gasteiger partial charge in [-0.05, 0) is 44.5 Å². The molecule has 0 aliphatic heterocycles. The Morgan fingerprint density at radius 2 is 1.68 bits per heavy atom. The maximum atomic E-state index is 12.2. The minimum atomic E-state index is -0.209. The molecule has 0 radical (unpaired) electrons. The van der Waals surface area contributed by atoms with Crippen LogP contribution in [0.1, 0.15) is 26.3 Å². The van der Waals surface area contributed by atoms with Crippen LogP contribution in [0, 0.1) is 0 Å². The Morgan fingerprint density at radius 3 is 2.11 bits per heavy atom. The van der Waals surface area contributed by atoms with E-state index >= 15 is 0 Å². The molecule has 0 aliphatic carbocycles. The largest absolute Gasteiger partial charge is 0.339 e. The summed E-state index contributed by atoms with van der Waals surface area (Å²) in [6.45, 7) is 6.42. The molecular formula is C15H18BrNO2. The van der Waals surface area contributed by atoms with Crippen LogP contribution < -0.4 is 0 Å². The topological polar surface area (TPSA) is 37.4 Å². The molecule has 0 atom stereocenters. The van der Waals surface area contributed by atoms with E-state index in [1.165, 1.54) is 6.92 Å². The number of halogens is 1. The van der Waals surface area contributed by atoms with Gasteiger partial charge in [0, 0.05) is 17.6 Å². The van der Waals surface area contributed by atoms with Crippen molar-refractivity contribution in [3.8, 4) is 0 Å². The lowest BCUT2D eigenvalue weighted by molar-refractivity contribution is -0.128. The zero-order chi connectivity index (χ0) is 14.4. The summed E-state index contributed by atoms with van der Waals surface area (Å²) in [5.74, 6) is -0.416. The van der Waals surface area contributed by atoms with E-state index in [0.717, 1.165) is 10.0 Å². The van der Waals surface area contributed by atoms with E-state index in [1.54, 1.807) is 11.0 Å². The lowest BCUT2D eigenvalue weighted by Crippen LogP contribution is -2.33. The average Bonchev–Trinajstić information content (AvgIpc) is 2.38. The van der Waals surface area contributed by atoms with Crippen molar-refractivity contribution in [2.24, 2.45) is 0 Å². The SMILES string of the molecule is CCN(CC)C(=O)/C(=C/c1ccc(Br)cc1)C(C)=O. The third kappa shape index (κ3) is 4.31. The predicted octanol–water partition coefficient (Wildman–Crippen LogP) is 3.29. The standard InChI is InChI=1S/C15H18BrNO2/c1-4-17(5-2)15(19)14(11(3)18)10-12-6-8-13(16)9-7-12/h6-10H,4-5H2,1-3H3/b14-10+. The van der Waals surface area contributed by atoms with Crippen LogP contribution in [0.25, 0.3) is 6.08 Å². The molecule has 19 heavy (non-hydrogen) atoms. The van der Waals surface area contributed by atoms with E-state index in [0.29, 0.717) is 13.1 Å². The molecule has 102 valence electrons. The van der Waals surface area contributed by atoms with E-state index in [-0.39, 0.29) is 17.3 Å². The minimum Gasteiger partial charge on any atom is -0.339 e. The summed E-state index contributed by atoms with van der Waals surface area (Å²) in [6.07, 6.45) is 1.65. The fourth-order valence-corrected chi connectivity index (χ4v) is 1.99. The molecule has 0 heterocycles. The van der Waals surface area contributed by atoms with Crippen molar-refractivity contribution in [2.45, 2.75) is 20.8 Å². The van der Waals surface area contributed by atoms with E-state index < -0.39 is 0 Å². The predicted molar refractivity (Wildman–Crippen MR) is 80.7 cm³/mol. The van der Waals surface area contributed by atoms with Gasteiger partial charge in [-0.15, -0.1) is 0 Å². The molecule has 0 spiro atoms. The third-order valence-corrected chi connectivity index (χ3v) is 3.37. The molecule has 0 fully saturated rings. The summed E-state index contributed by atoms with van der Waals surface area (Å²) >= 11 is 3.35. The van der Waals surface area contributed by atoms with Crippen LogP contribution >= 0.6 is 15.9 Å². The van der Waals surface area contributed by atoms with Gasteiger partial charge in [0.05, 0.1) is 5.57 Å². The highest BCUT2D eigenvalue weighted by Crippen LogP contribution is 2.15. The fourth-order valence-electron chi connectivity index (χ4n) is 1.72. The Balaban J connectivity index is 3.10. The molecule has 0 aromatic heterocycles. The second kappa shape index (κ2) is 7.24. The molecule has 0 aliphatic rings. The van der Waals surface area contributed by atoms with Gasteiger partial charge in [-0.2, -0.15) is 0 Å². The molecule has 1 aromatic rings. The molecular weight excluding hydrogens is 306 g/mol. The van der Waals surface area contributed by atoms with Crippen molar-refractivity contribution in [1.82, 2.24) is 4.90 Å². The quantitative estimate of drug-likeness (QED) is 0.473. The van der Waals surface area contributed by atoms with Gasteiger partial charge in [0.2, 0.25) is 0 Å². The number of ketones is 1. The van der Waals surface area contributed by atoms with Gasteiger partial charge < -0.3 is 4.90 Å². The number of Topliss-reactive ketones (excluding diaryl/α,β-unsaturated/α-hetero) is 1. The summed E-state index contributed by atoms with van der Waals surface area (Å²) in [5, 5.41) is 0. The van der Waals surface area contributed by atoms with Crippen LogP contribution in [0.5, 0.6) is 0 Å². The summed E-state index contributed by atoms with van der Waals surface area (Å²) < 4.78 is 0.962. The van der Waals surface area contributed by atoms with E-state index in [1.807, 2.05) is 38.1 Å². The number of amides is 1. The van der Waals surface area contributed by atoms with Gasteiger partial charge in [-0.25, -0.2) is 0 Å². The first-order valence-electron chi connectivity index (χ1n) is 6.27. The number of likely N-dealkylation sites (N-methyl/N-ethyl adjacent to an activating group) is 1. The molecule has 4 heteroatoms. The lowest BCUT2D eigenvalue weighted by Gasteiger charge is -2.19. The van der Waals surface area contributed by atoms with E-state index in [2.05, 4.69) is 15.9 Å². The van der Waals surface area contributed by atoms with Crippen LogP contribution in [-0.4, -0.2) is 29.7 Å². The molecule has 3 nitrogen and oxygen atoms in total. The minimum absolute atomic E-state index is 0.208. The maximum absolute atomic E-state index is 12.2. The Labute approximate surface area is 122 Å². The van der Waals surface area contributed by atoms with Crippen molar-refractivity contribution in [2.75, 3.05) is 13.1 Å². The highest BCUT2D eigenvalue weighted by atomic mass is 79.9. The third-order valence-electron chi connectivity index (χ3n) is 2.84. The molecule has 1 aromatic carbocycles. The number of benzene rings is 1. The van der Waals surface area contributed by atoms with E-state index in [4.69, 9.17) is 0 Å². The van der Waals surface area contributed by atoms with Gasteiger partial charge in [0.1, 0.15) is 0 Å². The summed E-state index contributed by atoms with van der Waals surface area (Å²) in [5.41, 5.74) is 1.07. The van der Waals surface area contributed by atoms with Crippen LogP contribution in [0.2, 0.25) is 0 Å². The highest BCUT2D eigenvalue weighted by molar-refractivity contribution is 9.10. The Morgan fingerprint density at radius 1 is 1.16 bits per heavy atom. The van der Waals surface area contributed by atoms with Gasteiger partial charge in [-0.3, -0.25) is 9.59 Å². The molecule has 1 rings (SSSR count). The van der Waals surface area contributed by atoms with Crippen LogP contribution in [0.4, 0.5) is 0 Å². The van der Waals surface area contributed by atoms with Crippen molar-refractivity contribution < 1.29 is 9.59 Å². The number of hydrogen-bond acceptors (Lipinski definition) is 2. The van der Waals surface area contributed by atoms with Crippen molar-refractivity contribution in [1.29, 1.82) is 0 Å². The first-order chi connectivity index (χ1) is 8.99. The molecule has 1 amide bonds. The second-order valence-electron chi connectivity index (χ2n) is 4.14. The lowest BCUT2D eigenvalue weighted by atomic mass is 10.1.